The van der Waals surface area contributed by atoms with E-state index in [-0.39, 0.29) is 0 Å². The van der Waals surface area contributed by atoms with Crippen molar-refractivity contribution in [2.75, 3.05) is 10.6 Å². The molecule has 1 aromatic heterocycles. The summed E-state index contributed by atoms with van der Waals surface area (Å²) in [6, 6.07) is 9.91. The molecule has 1 heterocycles. The number of aryl methyl sites for hydroxylation is 2. The number of thiocarbonyl (C=S) groups is 1. The number of benzene rings is 1. The third-order valence-electron chi connectivity index (χ3n) is 2.26. The van der Waals surface area contributed by atoms with E-state index in [2.05, 4.69) is 15.7 Å². The standard InChI is InChI=1S/C12H14N4S/c1-9-3-5-10(6-4-9)13-12(17)14-11-7-8-16(2)15-11/h3-8H,1-2H3,(H2,13,14,15,17). The molecule has 0 atom stereocenters. The van der Waals surface area contributed by atoms with Crippen LogP contribution in [0.2, 0.25) is 0 Å². The SMILES string of the molecule is Cc1ccc(NC(=S)Nc2ccn(C)n2)cc1. The predicted molar refractivity (Wildman–Crippen MR) is 74.2 cm³/mol. The van der Waals surface area contributed by atoms with Gasteiger partial charge in [0.2, 0.25) is 0 Å². The lowest BCUT2D eigenvalue weighted by molar-refractivity contribution is 0.772. The van der Waals surface area contributed by atoms with E-state index >= 15 is 0 Å². The average Bonchev–Trinajstić information content (AvgIpc) is 2.67. The van der Waals surface area contributed by atoms with Crippen molar-refractivity contribution in [3.8, 4) is 0 Å². The van der Waals surface area contributed by atoms with Crippen LogP contribution >= 0.6 is 12.2 Å². The second kappa shape index (κ2) is 4.97. The number of nitrogens with zero attached hydrogens (tertiary/aromatic N) is 2. The van der Waals surface area contributed by atoms with Crippen molar-refractivity contribution in [1.29, 1.82) is 0 Å². The number of aromatic nitrogens is 2. The van der Waals surface area contributed by atoms with E-state index in [9.17, 15) is 0 Å². The second-order valence-electron chi connectivity index (χ2n) is 3.82. The molecular weight excluding hydrogens is 232 g/mol. The zero-order valence-corrected chi connectivity index (χ0v) is 10.6. The molecule has 0 aliphatic rings. The van der Waals surface area contributed by atoms with Crippen LogP contribution in [0.1, 0.15) is 5.56 Å². The summed E-state index contributed by atoms with van der Waals surface area (Å²) in [5.41, 5.74) is 2.18. The molecular formula is C12H14N4S. The molecule has 2 aromatic rings. The van der Waals surface area contributed by atoms with E-state index < -0.39 is 0 Å². The largest absolute Gasteiger partial charge is 0.332 e. The summed E-state index contributed by atoms with van der Waals surface area (Å²) in [5, 5.41) is 10.8. The first-order valence-electron chi connectivity index (χ1n) is 5.28. The van der Waals surface area contributed by atoms with Crippen molar-refractivity contribution >= 4 is 28.8 Å². The molecule has 0 radical (unpaired) electrons. The number of hydrogen-bond donors (Lipinski definition) is 2. The molecule has 17 heavy (non-hydrogen) atoms. The van der Waals surface area contributed by atoms with Gasteiger partial charge < -0.3 is 10.6 Å². The molecule has 0 fully saturated rings. The first-order valence-corrected chi connectivity index (χ1v) is 5.68. The van der Waals surface area contributed by atoms with Crippen molar-refractivity contribution < 1.29 is 0 Å². The third kappa shape index (κ3) is 3.29. The number of anilines is 2. The highest BCUT2D eigenvalue weighted by molar-refractivity contribution is 7.80. The van der Waals surface area contributed by atoms with Crippen LogP contribution in [-0.2, 0) is 7.05 Å². The van der Waals surface area contributed by atoms with Crippen LogP contribution in [0.4, 0.5) is 11.5 Å². The van der Waals surface area contributed by atoms with Gasteiger partial charge in [-0.05, 0) is 31.3 Å². The first-order chi connectivity index (χ1) is 8.13. The minimum absolute atomic E-state index is 0.535. The molecule has 2 N–H and O–H groups in total. The average molecular weight is 246 g/mol. The quantitative estimate of drug-likeness (QED) is 0.799. The van der Waals surface area contributed by atoms with Crippen molar-refractivity contribution in [1.82, 2.24) is 9.78 Å². The summed E-state index contributed by atoms with van der Waals surface area (Å²) in [7, 11) is 1.86. The van der Waals surface area contributed by atoms with Crippen molar-refractivity contribution in [2.45, 2.75) is 6.92 Å². The van der Waals surface area contributed by atoms with Crippen LogP contribution in [0.25, 0.3) is 0 Å². The molecule has 0 saturated carbocycles. The summed E-state index contributed by atoms with van der Waals surface area (Å²) in [5.74, 6) is 0.733. The van der Waals surface area contributed by atoms with Gasteiger partial charge in [0, 0.05) is 25.0 Å². The van der Waals surface area contributed by atoms with E-state index in [0.29, 0.717) is 5.11 Å². The van der Waals surface area contributed by atoms with Gasteiger partial charge in [0.25, 0.3) is 0 Å². The topological polar surface area (TPSA) is 41.9 Å². The van der Waals surface area contributed by atoms with Crippen LogP contribution in [0.3, 0.4) is 0 Å². The molecule has 0 amide bonds. The van der Waals surface area contributed by atoms with Gasteiger partial charge >= 0.3 is 0 Å². The molecule has 0 aliphatic heterocycles. The zero-order valence-electron chi connectivity index (χ0n) is 9.77. The van der Waals surface area contributed by atoms with E-state index in [0.717, 1.165) is 11.5 Å². The van der Waals surface area contributed by atoms with Crippen LogP contribution in [-0.4, -0.2) is 14.9 Å². The highest BCUT2D eigenvalue weighted by Gasteiger charge is 2.00. The van der Waals surface area contributed by atoms with Crippen molar-refractivity contribution in [2.24, 2.45) is 7.05 Å². The summed E-state index contributed by atoms with van der Waals surface area (Å²) < 4.78 is 1.72. The normalized spacial score (nSPS) is 10.0. The van der Waals surface area contributed by atoms with Gasteiger partial charge in [-0.25, -0.2) is 0 Å². The maximum Gasteiger partial charge on any atom is 0.176 e. The van der Waals surface area contributed by atoms with Gasteiger partial charge in [0.05, 0.1) is 0 Å². The lowest BCUT2D eigenvalue weighted by Crippen LogP contribution is -2.19. The Bertz CT molecular complexity index is 516. The molecule has 88 valence electrons. The molecule has 0 unspecified atom stereocenters. The maximum atomic E-state index is 5.19. The minimum Gasteiger partial charge on any atom is -0.332 e. The van der Waals surface area contributed by atoms with Crippen molar-refractivity contribution in [3.63, 3.8) is 0 Å². The predicted octanol–water partition coefficient (Wildman–Crippen LogP) is 2.54. The lowest BCUT2D eigenvalue weighted by Gasteiger charge is -2.08. The van der Waals surface area contributed by atoms with E-state index in [4.69, 9.17) is 12.2 Å². The molecule has 0 aliphatic carbocycles. The van der Waals surface area contributed by atoms with Gasteiger partial charge in [-0.3, -0.25) is 4.68 Å². The highest BCUT2D eigenvalue weighted by Crippen LogP contribution is 2.09. The zero-order chi connectivity index (χ0) is 12.3. The van der Waals surface area contributed by atoms with E-state index in [1.165, 1.54) is 5.56 Å². The molecule has 2 rings (SSSR count). The summed E-state index contributed by atoms with van der Waals surface area (Å²) in [6.07, 6.45) is 1.86. The Hall–Kier alpha value is -1.88. The van der Waals surface area contributed by atoms with Crippen LogP contribution in [0, 0.1) is 6.92 Å². The van der Waals surface area contributed by atoms with E-state index in [1.807, 2.05) is 50.5 Å². The highest BCUT2D eigenvalue weighted by atomic mass is 32.1. The second-order valence-corrected chi connectivity index (χ2v) is 4.23. The first kappa shape index (κ1) is 11.6. The number of hydrogen-bond acceptors (Lipinski definition) is 2. The van der Waals surface area contributed by atoms with Crippen LogP contribution in [0.5, 0.6) is 0 Å². The fraction of sp³-hybridized carbons (Fsp3) is 0.167. The molecule has 5 heteroatoms. The Balaban J connectivity index is 1.95. The number of nitrogens with one attached hydrogen (secondary N) is 2. The Labute approximate surface area is 106 Å². The lowest BCUT2D eigenvalue weighted by atomic mass is 10.2. The fourth-order valence-corrected chi connectivity index (χ4v) is 1.62. The van der Waals surface area contributed by atoms with Crippen LogP contribution in [0.15, 0.2) is 36.5 Å². The van der Waals surface area contributed by atoms with Crippen molar-refractivity contribution in [3.05, 3.63) is 42.1 Å². The minimum atomic E-state index is 0.535. The van der Waals surface area contributed by atoms with Gasteiger partial charge in [-0.2, -0.15) is 5.10 Å². The Kier molecular flexibility index (Phi) is 3.39. The smallest absolute Gasteiger partial charge is 0.176 e. The molecule has 4 nitrogen and oxygen atoms in total. The van der Waals surface area contributed by atoms with Gasteiger partial charge in [0.15, 0.2) is 10.9 Å². The molecule has 1 aromatic carbocycles. The Morgan fingerprint density at radius 2 is 1.88 bits per heavy atom. The Morgan fingerprint density at radius 3 is 2.47 bits per heavy atom. The van der Waals surface area contributed by atoms with Gasteiger partial charge in [-0.15, -0.1) is 0 Å². The summed E-state index contributed by atoms with van der Waals surface area (Å²) in [6.45, 7) is 2.05. The molecule has 0 spiro atoms. The third-order valence-corrected chi connectivity index (χ3v) is 2.47. The molecule has 0 bridgehead atoms. The summed E-state index contributed by atoms with van der Waals surface area (Å²) >= 11 is 5.19. The number of rotatable bonds is 2. The summed E-state index contributed by atoms with van der Waals surface area (Å²) in [4.78, 5) is 0. The van der Waals surface area contributed by atoms with Crippen LogP contribution < -0.4 is 10.6 Å². The van der Waals surface area contributed by atoms with E-state index in [1.54, 1.807) is 4.68 Å². The van der Waals surface area contributed by atoms with Gasteiger partial charge in [0.1, 0.15) is 0 Å². The fourth-order valence-electron chi connectivity index (χ4n) is 1.40. The monoisotopic (exact) mass is 246 g/mol. The maximum absolute atomic E-state index is 5.19. The molecule has 0 saturated heterocycles. The Morgan fingerprint density at radius 1 is 1.18 bits per heavy atom. The van der Waals surface area contributed by atoms with Gasteiger partial charge in [-0.1, -0.05) is 17.7 Å².